The van der Waals surface area contributed by atoms with E-state index in [1.54, 1.807) is 17.3 Å². The normalized spacial score (nSPS) is 11.2. The molecule has 0 atom stereocenters. The van der Waals surface area contributed by atoms with E-state index < -0.39 is 0 Å². The second kappa shape index (κ2) is 7.38. The van der Waals surface area contributed by atoms with Gasteiger partial charge in [0.05, 0.1) is 5.52 Å². The lowest BCUT2D eigenvalue weighted by Gasteiger charge is -2.18. The van der Waals surface area contributed by atoms with Gasteiger partial charge in [0.25, 0.3) is 0 Å². The van der Waals surface area contributed by atoms with Crippen LogP contribution < -0.4 is 0 Å². The van der Waals surface area contributed by atoms with E-state index in [1.165, 1.54) is 0 Å². The largest absolute Gasteiger partial charge is 0.341 e. The van der Waals surface area contributed by atoms with Crippen molar-refractivity contribution in [2.24, 2.45) is 0 Å². The molecule has 0 unspecified atom stereocenters. The minimum absolute atomic E-state index is 0.112. The Morgan fingerprint density at radius 2 is 1.86 bits per heavy atom. The number of aryl methyl sites for hydroxylation is 2. The van der Waals surface area contributed by atoms with E-state index in [0.29, 0.717) is 19.4 Å². The molecule has 0 aliphatic carbocycles. The van der Waals surface area contributed by atoms with E-state index in [1.807, 2.05) is 61.8 Å². The van der Waals surface area contributed by atoms with Gasteiger partial charge in [-0.05, 0) is 55.7 Å². The van der Waals surface area contributed by atoms with Gasteiger partial charge in [-0.15, -0.1) is 0 Å². The molecule has 3 aromatic heterocycles. The summed E-state index contributed by atoms with van der Waals surface area (Å²) in [4.78, 5) is 23.2. The van der Waals surface area contributed by atoms with Crippen LogP contribution in [0.15, 0.2) is 48.8 Å². The third kappa shape index (κ3) is 3.33. The topological polar surface area (TPSA) is 63.4 Å². The highest BCUT2D eigenvalue weighted by molar-refractivity contribution is 5.92. The number of benzene rings is 1. The summed E-state index contributed by atoms with van der Waals surface area (Å²) in [5.74, 6) is 0.112. The van der Waals surface area contributed by atoms with Gasteiger partial charge in [0.15, 0.2) is 5.65 Å². The Morgan fingerprint density at radius 1 is 1.11 bits per heavy atom. The van der Waals surface area contributed by atoms with E-state index in [-0.39, 0.29) is 5.91 Å². The Hall–Kier alpha value is -3.28. The number of carbonyl (C=O) groups excluding carboxylic acids is 1. The van der Waals surface area contributed by atoms with E-state index in [9.17, 15) is 4.79 Å². The van der Waals surface area contributed by atoms with Gasteiger partial charge in [0.2, 0.25) is 5.91 Å². The lowest BCUT2D eigenvalue weighted by molar-refractivity contribution is -0.130. The highest BCUT2D eigenvalue weighted by atomic mass is 16.2. The molecule has 1 aromatic carbocycles. The van der Waals surface area contributed by atoms with Gasteiger partial charge in [0.1, 0.15) is 0 Å². The second-order valence-corrected chi connectivity index (χ2v) is 7.12. The highest BCUT2D eigenvalue weighted by Crippen LogP contribution is 2.23. The Labute approximate surface area is 163 Å². The summed E-state index contributed by atoms with van der Waals surface area (Å²) >= 11 is 0. The van der Waals surface area contributed by atoms with Crippen molar-refractivity contribution >= 4 is 22.5 Å². The van der Waals surface area contributed by atoms with Gasteiger partial charge in [0, 0.05) is 49.2 Å². The Kier molecular flexibility index (Phi) is 4.77. The lowest BCUT2D eigenvalue weighted by atomic mass is 10.1. The Bertz CT molecular complexity index is 1150. The number of amides is 1. The SMILES string of the molecule is Cc1nc2c3ccccc3nn2c(C)c1CCC(=O)N(C)Cc1ccncc1. The zero-order valence-electron chi connectivity index (χ0n) is 16.4. The second-order valence-electron chi connectivity index (χ2n) is 7.12. The predicted molar refractivity (Wildman–Crippen MR) is 109 cm³/mol. The van der Waals surface area contributed by atoms with E-state index in [2.05, 4.69) is 10.1 Å². The number of hydrogen-bond donors (Lipinski definition) is 0. The van der Waals surface area contributed by atoms with E-state index >= 15 is 0 Å². The van der Waals surface area contributed by atoms with Crippen LogP contribution in [0.1, 0.15) is 28.9 Å². The van der Waals surface area contributed by atoms with Crippen molar-refractivity contribution in [1.29, 1.82) is 0 Å². The molecule has 142 valence electrons. The van der Waals surface area contributed by atoms with Gasteiger partial charge in [-0.2, -0.15) is 5.10 Å². The zero-order valence-corrected chi connectivity index (χ0v) is 16.4. The summed E-state index contributed by atoms with van der Waals surface area (Å²) in [6, 6.07) is 11.9. The summed E-state index contributed by atoms with van der Waals surface area (Å²) in [7, 11) is 1.84. The Balaban J connectivity index is 1.54. The summed E-state index contributed by atoms with van der Waals surface area (Å²) in [5.41, 5.74) is 5.97. The summed E-state index contributed by atoms with van der Waals surface area (Å²) in [5, 5.41) is 5.74. The molecule has 4 aromatic rings. The minimum Gasteiger partial charge on any atom is -0.341 e. The first-order valence-corrected chi connectivity index (χ1v) is 9.41. The fourth-order valence-electron chi connectivity index (χ4n) is 3.61. The molecule has 0 saturated heterocycles. The van der Waals surface area contributed by atoms with Crippen LogP contribution in [0.5, 0.6) is 0 Å². The molecule has 0 bridgehead atoms. The predicted octanol–water partition coefficient (Wildman–Crippen LogP) is 3.49. The minimum atomic E-state index is 0.112. The molecule has 6 nitrogen and oxygen atoms in total. The standard InChI is InChI=1S/C22H23N5O/c1-15-18(8-9-21(28)26(3)14-17-10-12-23-13-11-17)16(2)27-22(24-15)19-6-4-5-7-20(19)25-27/h4-7,10-13H,8-9,14H2,1-3H3. The van der Waals surface area contributed by atoms with Gasteiger partial charge in [-0.3, -0.25) is 9.78 Å². The van der Waals surface area contributed by atoms with Crippen LogP contribution in [-0.4, -0.2) is 37.4 Å². The highest BCUT2D eigenvalue weighted by Gasteiger charge is 2.16. The molecule has 0 fully saturated rings. The molecule has 0 aliphatic heterocycles. The maximum absolute atomic E-state index is 12.6. The summed E-state index contributed by atoms with van der Waals surface area (Å²) in [6.07, 6.45) is 4.58. The smallest absolute Gasteiger partial charge is 0.222 e. The van der Waals surface area contributed by atoms with Crippen LogP contribution in [0.2, 0.25) is 0 Å². The molecule has 0 radical (unpaired) electrons. The van der Waals surface area contributed by atoms with Gasteiger partial charge in [-0.25, -0.2) is 9.50 Å². The molecular weight excluding hydrogens is 350 g/mol. The van der Waals surface area contributed by atoms with Gasteiger partial charge < -0.3 is 4.90 Å². The number of hydrogen-bond acceptors (Lipinski definition) is 4. The molecule has 6 heteroatoms. The molecule has 0 N–H and O–H groups in total. The van der Waals surface area contributed by atoms with Crippen molar-refractivity contribution in [3.63, 3.8) is 0 Å². The quantitative estimate of drug-likeness (QED) is 0.537. The van der Waals surface area contributed by atoms with E-state index in [4.69, 9.17) is 4.98 Å². The first-order chi connectivity index (χ1) is 13.5. The van der Waals surface area contributed by atoms with Crippen molar-refractivity contribution in [1.82, 2.24) is 24.5 Å². The number of rotatable bonds is 5. The number of aromatic nitrogens is 4. The molecule has 4 rings (SSSR count). The number of pyridine rings is 1. The van der Waals surface area contributed by atoms with Crippen LogP contribution >= 0.6 is 0 Å². The average molecular weight is 373 g/mol. The molecule has 0 spiro atoms. The molecule has 0 aliphatic rings. The summed E-state index contributed by atoms with van der Waals surface area (Å²) < 4.78 is 1.90. The van der Waals surface area contributed by atoms with Crippen LogP contribution in [-0.2, 0) is 17.8 Å². The third-order valence-electron chi connectivity index (χ3n) is 5.20. The fourth-order valence-corrected chi connectivity index (χ4v) is 3.61. The Morgan fingerprint density at radius 3 is 2.64 bits per heavy atom. The van der Waals surface area contributed by atoms with Crippen molar-refractivity contribution in [3.05, 3.63) is 71.3 Å². The lowest BCUT2D eigenvalue weighted by Crippen LogP contribution is -2.26. The molecule has 3 heterocycles. The molecule has 0 saturated carbocycles. The van der Waals surface area contributed by atoms with Crippen molar-refractivity contribution in [2.45, 2.75) is 33.2 Å². The van der Waals surface area contributed by atoms with Gasteiger partial charge >= 0.3 is 0 Å². The van der Waals surface area contributed by atoms with Crippen molar-refractivity contribution in [2.75, 3.05) is 7.05 Å². The monoisotopic (exact) mass is 373 g/mol. The average Bonchev–Trinajstić information content (AvgIpc) is 3.07. The zero-order chi connectivity index (χ0) is 19.7. The number of carbonyl (C=O) groups is 1. The molecular formula is C22H23N5O. The third-order valence-corrected chi connectivity index (χ3v) is 5.20. The van der Waals surface area contributed by atoms with Crippen LogP contribution in [0.3, 0.4) is 0 Å². The van der Waals surface area contributed by atoms with Crippen LogP contribution in [0.4, 0.5) is 0 Å². The molecule has 1 amide bonds. The van der Waals surface area contributed by atoms with Crippen molar-refractivity contribution < 1.29 is 4.79 Å². The number of fused-ring (bicyclic) bond motifs is 3. The van der Waals surface area contributed by atoms with Crippen LogP contribution in [0.25, 0.3) is 16.6 Å². The van der Waals surface area contributed by atoms with Crippen molar-refractivity contribution in [3.8, 4) is 0 Å². The number of nitrogens with zero attached hydrogens (tertiary/aromatic N) is 5. The fraction of sp³-hybridized carbons (Fsp3) is 0.273. The maximum atomic E-state index is 12.6. The first-order valence-electron chi connectivity index (χ1n) is 9.41. The summed E-state index contributed by atoms with van der Waals surface area (Å²) in [6.45, 7) is 4.64. The van der Waals surface area contributed by atoms with Crippen LogP contribution in [0, 0.1) is 13.8 Å². The van der Waals surface area contributed by atoms with E-state index in [0.717, 1.165) is 39.1 Å². The first kappa shape index (κ1) is 18.1. The maximum Gasteiger partial charge on any atom is 0.222 e. The molecule has 28 heavy (non-hydrogen) atoms. The van der Waals surface area contributed by atoms with Gasteiger partial charge in [-0.1, -0.05) is 12.1 Å².